The van der Waals surface area contributed by atoms with Crippen LogP contribution in [-0.2, 0) is 4.79 Å². The third kappa shape index (κ3) is 3.55. The largest absolute Gasteiger partial charge is 0.495 e. The molecule has 2 N–H and O–H groups in total. The van der Waals surface area contributed by atoms with Crippen LogP contribution in [0.2, 0.25) is 5.02 Å². The summed E-state index contributed by atoms with van der Waals surface area (Å²) in [6, 6.07) is 5.52. The number of halogens is 1. The van der Waals surface area contributed by atoms with Crippen LogP contribution in [0.1, 0.15) is 6.92 Å². The van der Waals surface area contributed by atoms with Crippen molar-refractivity contribution in [3.05, 3.63) is 23.2 Å². The van der Waals surface area contributed by atoms with E-state index in [4.69, 9.17) is 16.3 Å². The zero-order valence-electron chi connectivity index (χ0n) is 11.8. The molecule has 1 saturated heterocycles. The number of carbonyl (C=O) groups excluding carboxylic acids is 1. The Morgan fingerprint density at radius 2 is 2.40 bits per heavy atom. The molecular weight excluding hydrogens is 278 g/mol. The highest BCUT2D eigenvalue weighted by Crippen LogP contribution is 2.27. The third-order valence-corrected chi connectivity index (χ3v) is 3.65. The van der Waals surface area contributed by atoms with Crippen LogP contribution in [0.5, 0.6) is 5.75 Å². The van der Waals surface area contributed by atoms with E-state index in [1.165, 1.54) is 0 Å². The topological polar surface area (TPSA) is 53.6 Å². The van der Waals surface area contributed by atoms with Crippen molar-refractivity contribution >= 4 is 23.2 Å². The van der Waals surface area contributed by atoms with Gasteiger partial charge in [0.05, 0.1) is 19.3 Å². The number of amides is 1. The number of nitrogens with zero attached hydrogens (tertiary/aromatic N) is 1. The molecule has 1 fully saturated rings. The van der Waals surface area contributed by atoms with Crippen molar-refractivity contribution in [3.63, 3.8) is 0 Å². The van der Waals surface area contributed by atoms with Crippen LogP contribution in [0.4, 0.5) is 5.69 Å². The minimum Gasteiger partial charge on any atom is -0.495 e. The molecule has 0 aromatic heterocycles. The van der Waals surface area contributed by atoms with Gasteiger partial charge in [0.15, 0.2) is 0 Å². The second-order valence-electron chi connectivity index (χ2n) is 4.84. The number of hydrogen-bond acceptors (Lipinski definition) is 4. The van der Waals surface area contributed by atoms with Crippen molar-refractivity contribution in [2.45, 2.75) is 13.0 Å². The van der Waals surface area contributed by atoms with E-state index in [1.54, 1.807) is 25.3 Å². The molecule has 0 radical (unpaired) electrons. The molecule has 5 nitrogen and oxygen atoms in total. The Bertz CT molecular complexity index is 481. The van der Waals surface area contributed by atoms with E-state index in [-0.39, 0.29) is 18.5 Å². The number of ether oxygens (including phenoxy) is 1. The first-order valence-electron chi connectivity index (χ1n) is 6.69. The molecule has 0 spiro atoms. The van der Waals surface area contributed by atoms with E-state index in [1.807, 2.05) is 11.8 Å². The van der Waals surface area contributed by atoms with E-state index in [0.29, 0.717) is 10.8 Å². The van der Waals surface area contributed by atoms with Crippen molar-refractivity contribution in [1.29, 1.82) is 0 Å². The number of rotatable bonds is 4. The molecule has 1 aromatic rings. The van der Waals surface area contributed by atoms with Crippen molar-refractivity contribution in [2.24, 2.45) is 0 Å². The molecule has 1 aliphatic heterocycles. The highest BCUT2D eigenvalue weighted by molar-refractivity contribution is 6.30. The van der Waals surface area contributed by atoms with Crippen LogP contribution in [0, 0.1) is 0 Å². The van der Waals surface area contributed by atoms with Crippen LogP contribution in [0.25, 0.3) is 0 Å². The van der Waals surface area contributed by atoms with Gasteiger partial charge < -0.3 is 20.3 Å². The molecule has 2 rings (SSSR count). The van der Waals surface area contributed by atoms with Gasteiger partial charge in [-0.05, 0) is 25.1 Å². The van der Waals surface area contributed by atoms with Gasteiger partial charge >= 0.3 is 0 Å². The van der Waals surface area contributed by atoms with Gasteiger partial charge in [0.2, 0.25) is 5.91 Å². The quantitative estimate of drug-likeness (QED) is 0.886. The first-order valence-corrected chi connectivity index (χ1v) is 7.07. The standard InChI is InChI=1S/C14H20ClN3O2/c1-10-8-16-5-6-18(10)14(19)9-17-12-7-11(15)3-4-13(12)20-2/h3-4,7,10,16-17H,5-6,8-9H2,1-2H3/t10-/m0/s1. The zero-order valence-corrected chi connectivity index (χ0v) is 12.5. The number of methoxy groups -OCH3 is 1. The summed E-state index contributed by atoms with van der Waals surface area (Å²) in [7, 11) is 1.59. The second-order valence-corrected chi connectivity index (χ2v) is 5.27. The minimum atomic E-state index is 0.0843. The molecule has 6 heteroatoms. The summed E-state index contributed by atoms with van der Waals surface area (Å²) in [6.07, 6.45) is 0. The zero-order chi connectivity index (χ0) is 14.5. The molecule has 1 atom stereocenters. The molecule has 1 heterocycles. The Morgan fingerprint density at radius 1 is 1.60 bits per heavy atom. The lowest BCUT2D eigenvalue weighted by Gasteiger charge is -2.34. The van der Waals surface area contributed by atoms with Crippen molar-refractivity contribution in [2.75, 3.05) is 38.6 Å². The predicted octanol–water partition coefficient (Wildman–Crippen LogP) is 1.58. The highest BCUT2D eigenvalue weighted by atomic mass is 35.5. The van der Waals surface area contributed by atoms with Gasteiger partial charge in [0.25, 0.3) is 0 Å². The summed E-state index contributed by atoms with van der Waals surface area (Å²) in [4.78, 5) is 14.1. The Morgan fingerprint density at radius 3 is 3.10 bits per heavy atom. The summed E-state index contributed by atoms with van der Waals surface area (Å²) >= 11 is 5.96. The van der Waals surface area contributed by atoms with Gasteiger partial charge in [-0.25, -0.2) is 0 Å². The number of anilines is 1. The van der Waals surface area contributed by atoms with Crippen LogP contribution in [0.3, 0.4) is 0 Å². The second kappa shape index (κ2) is 6.81. The first-order chi connectivity index (χ1) is 9.61. The van der Waals surface area contributed by atoms with Gasteiger partial charge in [0, 0.05) is 30.7 Å². The van der Waals surface area contributed by atoms with Crippen LogP contribution >= 0.6 is 11.6 Å². The molecule has 0 aliphatic carbocycles. The fraction of sp³-hybridized carbons (Fsp3) is 0.500. The SMILES string of the molecule is COc1ccc(Cl)cc1NCC(=O)N1CCNC[C@@H]1C. The maximum absolute atomic E-state index is 12.2. The Labute approximate surface area is 124 Å². The smallest absolute Gasteiger partial charge is 0.242 e. The predicted molar refractivity (Wildman–Crippen MR) is 80.5 cm³/mol. The lowest BCUT2D eigenvalue weighted by molar-refractivity contribution is -0.132. The summed E-state index contributed by atoms with van der Waals surface area (Å²) in [5, 5.41) is 6.98. The average Bonchev–Trinajstić information content (AvgIpc) is 2.45. The van der Waals surface area contributed by atoms with Crippen molar-refractivity contribution in [1.82, 2.24) is 10.2 Å². The number of nitrogens with one attached hydrogen (secondary N) is 2. The fourth-order valence-electron chi connectivity index (χ4n) is 2.30. The van der Waals surface area contributed by atoms with Gasteiger partial charge in [-0.3, -0.25) is 4.79 Å². The Balaban J connectivity index is 1.97. The average molecular weight is 298 g/mol. The molecule has 0 unspecified atom stereocenters. The Kier molecular flexibility index (Phi) is 5.09. The van der Waals surface area contributed by atoms with Crippen molar-refractivity contribution < 1.29 is 9.53 Å². The number of piperazine rings is 1. The highest BCUT2D eigenvalue weighted by Gasteiger charge is 2.22. The van der Waals surface area contributed by atoms with Crippen LogP contribution in [-0.4, -0.2) is 50.1 Å². The van der Waals surface area contributed by atoms with Crippen molar-refractivity contribution in [3.8, 4) is 5.75 Å². The van der Waals surface area contributed by atoms with Crippen LogP contribution < -0.4 is 15.4 Å². The van der Waals surface area contributed by atoms with E-state index in [0.717, 1.165) is 25.3 Å². The third-order valence-electron chi connectivity index (χ3n) is 3.41. The molecule has 1 aromatic carbocycles. The van der Waals surface area contributed by atoms with Gasteiger partial charge in [-0.2, -0.15) is 0 Å². The molecule has 0 saturated carbocycles. The number of carbonyl (C=O) groups is 1. The maximum atomic E-state index is 12.2. The molecule has 110 valence electrons. The summed E-state index contributed by atoms with van der Waals surface area (Å²) in [5.41, 5.74) is 0.733. The molecule has 1 aliphatic rings. The summed E-state index contributed by atoms with van der Waals surface area (Å²) < 4.78 is 5.24. The first kappa shape index (κ1) is 14.9. The molecule has 0 bridgehead atoms. The monoisotopic (exact) mass is 297 g/mol. The summed E-state index contributed by atoms with van der Waals surface area (Å²) in [6.45, 7) is 4.71. The van der Waals surface area contributed by atoms with E-state index >= 15 is 0 Å². The van der Waals surface area contributed by atoms with E-state index in [9.17, 15) is 4.79 Å². The summed E-state index contributed by atoms with van der Waals surface area (Å²) in [5.74, 6) is 0.761. The lowest BCUT2D eigenvalue weighted by atomic mass is 10.2. The fourth-order valence-corrected chi connectivity index (χ4v) is 2.47. The molecular formula is C14H20ClN3O2. The lowest BCUT2D eigenvalue weighted by Crippen LogP contribution is -2.53. The molecule has 1 amide bonds. The van der Waals surface area contributed by atoms with E-state index < -0.39 is 0 Å². The molecule has 20 heavy (non-hydrogen) atoms. The number of benzene rings is 1. The maximum Gasteiger partial charge on any atom is 0.242 e. The van der Waals surface area contributed by atoms with Gasteiger partial charge in [0.1, 0.15) is 5.75 Å². The number of hydrogen-bond donors (Lipinski definition) is 2. The Hall–Kier alpha value is -1.46. The van der Waals surface area contributed by atoms with Crippen LogP contribution in [0.15, 0.2) is 18.2 Å². The van der Waals surface area contributed by atoms with Gasteiger partial charge in [-0.1, -0.05) is 11.6 Å². The van der Waals surface area contributed by atoms with Gasteiger partial charge in [-0.15, -0.1) is 0 Å². The van der Waals surface area contributed by atoms with E-state index in [2.05, 4.69) is 10.6 Å². The normalized spacial score (nSPS) is 18.8. The minimum absolute atomic E-state index is 0.0843.